The summed E-state index contributed by atoms with van der Waals surface area (Å²) in [5.41, 5.74) is 6.30. The zero-order valence-corrected chi connectivity index (χ0v) is 17.3. The topological polar surface area (TPSA) is 62.0 Å². The predicted octanol–water partition coefficient (Wildman–Crippen LogP) is 3.18. The van der Waals surface area contributed by atoms with E-state index in [0.717, 1.165) is 45.6 Å². The number of benzene rings is 1. The maximum absolute atomic E-state index is 14.1. The van der Waals surface area contributed by atoms with E-state index in [2.05, 4.69) is 9.80 Å². The van der Waals surface area contributed by atoms with E-state index >= 15 is 0 Å². The summed E-state index contributed by atoms with van der Waals surface area (Å²) >= 11 is 0. The molecule has 0 radical (unpaired) electrons. The maximum Gasteiger partial charge on any atom is 0.410 e. The van der Waals surface area contributed by atoms with Crippen LogP contribution in [-0.4, -0.2) is 67.3 Å². The highest BCUT2D eigenvalue weighted by atomic mass is 19.1. The summed E-state index contributed by atoms with van der Waals surface area (Å²) in [5, 5.41) is 0. The third-order valence-corrected chi connectivity index (χ3v) is 5.47. The summed E-state index contributed by atoms with van der Waals surface area (Å²) in [7, 11) is 0. The van der Waals surface area contributed by atoms with Crippen molar-refractivity contribution in [1.29, 1.82) is 0 Å². The highest BCUT2D eigenvalue weighted by Gasteiger charge is 2.28. The highest BCUT2D eigenvalue weighted by molar-refractivity contribution is 5.68. The van der Waals surface area contributed by atoms with Crippen molar-refractivity contribution >= 4 is 17.5 Å². The second kappa shape index (κ2) is 8.55. The summed E-state index contributed by atoms with van der Waals surface area (Å²) < 4.78 is 19.6. The molecule has 28 heavy (non-hydrogen) atoms. The van der Waals surface area contributed by atoms with Gasteiger partial charge in [-0.05, 0) is 57.7 Å². The van der Waals surface area contributed by atoms with Crippen molar-refractivity contribution in [1.82, 2.24) is 9.80 Å². The van der Waals surface area contributed by atoms with Gasteiger partial charge in [0.05, 0.1) is 5.69 Å². The van der Waals surface area contributed by atoms with Crippen molar-refractivity contribution in [2.75, 3.05) is 56.4 Å². The number of hydrogen-bond donors (Lipinski definition) is 1. The van der Waals surface area contributed by atoms with Crippen LogP contribution in [0.4, 0.5) is 20.6 Å². The summed E-state index contributed by atoms with van der Waals surface area (Å²) in [5.74, 6) is 0.373. The number of carbonyl (C=O) groups excluding carboxylic acids is 1. The minimum atomic E-state index is -0.452. The van der Waals surface area contributed by atoms with Gasteiger partial charge in [0.25, 0.3) is 0 Å². The Bertz CT molecular complexity index is 675. The zero-order valence-electron chi connectivity index (χ0n) is 17.3. The van der Waals surface area contributed by atoms with Gasteiger partial charge in [-0.2, -0.15) is 0 Å². The molecule has 0 atom stereocenters. The number of piperazine rings is 1. The van der Waals surface area contributed by atoms with E-state index in [1.54, 1.807) is 17.0 Å². The van der Waals surface area contributed by atoms with E-state index in [1.807, 2.05) is 20.8 Å². The number of nitrogen functional groups attached to an aromatic ring is 1. The molecule has 1 aromatic rings. The average Bonchev–Trinajstić information content (AvgIpc) is 2.62. The van der Waals surface area contributed by atoms with Crippen LogP contribution in [0.5, 0.6) is 0 Å². The van der Waals surface area contributed by atoms with Crippen LogP contribution in [0.1, 0.15) is 33.6 Å². The normalized spacial score (nSPS) is 19.7. The van der Waals surface area contributed by atoms with Gasteiger partial charge in [-0.25, -0.2) is 9.18 Å². The fourth-order valence-corrected chi connectivity index (χ4v) is 3.94. The third kappa shape index (κ3) is 5.50. The summed E-state index contributed by atoms with van der Waals surface area (Å²) in [6, 6.07) is 4.93. The molecule has 0 aliphatic carbocycles. The Kier molecular flexibility index (Phi) is 6.33. The molecule has 2 saturated heterocycles. The summed E-state index contributed by atoms with van der Waals surface area (Å²) in [4.78, 5) is 18.5. The zero-order chi connectivity index (χ0) is 20.3. The monoisotopic (exact) mass is 392 g/mol. The molecule has 0 saturated carbocycles. The molecule has 3 rings (SSSR count). The van der Waals surface area contributed by atoms with Crippen LogP contribution < -0.4 is 10.6 Å². The van der Waals surface area contributed by atoms with Gasteiger partial charge in [-0.3, -0.25) is 4.90 Å². The van der Waals surface area contributed by atoms with Crippen LogP contribution in [0.15, 0.2) is 18.2 Å². The standard InChI is InChI=1S/C21H33FN4O2/c1-21(2,3)28-20(27)26-12-10-24(11-13-26)15-16-6-8-25(9-7-16)19-5-4-17(23)14-18(19)22/h4-5,14,16H,6-13,15,23H2,1-3H3. The first-order valence-corrected chi connectivity index (χ1v) is 10.2. The van der Waals surface area contributed by atoms with Gasteiger partial charge >= 0.3 is 6.09 Å². The minimum absolute atomic E-state index is 0.217. The van der Waals surface area contributed by atoms with Crippen molar-refractivity contribution in [3.63, 3.8) is 0 Å². The molecule has 6 nitrogen and oxygen atoms in total. The fraction of sp³-hybridized carbons (Fsp3) is 0.667. The molecule has 156 valence electrons. The predicted molar refractivity (Wildman–Crippen MR) is 110 cm³/mol. The van der Waals surface area contributed by atoms with Crippen LogP contribution in [0.25, 0.3) is 0 Å². The van der Waals surface area contributed by atoms with Gasteiger partial charge in [0, 0.05) is 51.5 Å². The first kappa shape index (κ1) is 20.7. The van der Waals surface area contributed by atoms with E-state index in [0.29, 0.717) is 30.4 Å². The van der Waals surface area contributed by atoms with Gasteiger partial charge in [0.2, 0.25) is 0 Å². The second-order valence-corrected chi connectivity index (χ2v) is 8.91. The molecule has 0 spiro atoms. The molecule has 2 fully saturated rings. The number of nitrogens with zero attached hydrogens (tertiary/aromatic N) is 3. The molecule has 1 amide bonds. The van der Waals surface area contributed by atoms with Gasteiger partial charge in [0.1, 0.15) is 11.4 Å². The molecule has 2 aliphatic rings. The second-order valence-electron chi connectivity index (χ2n) is 8.91. The maximum atomic E-state index is 14.1. The molecule has 0 unspecified atom stereocenters. The molecular weight excluding hydrogens is 359 g/mol. The molecule has 7 heteroatoms. The molecule has 2 aliphatic heterocycles. The lowest BCUT2D eigenvalue weighted by Gasteiger charge is -2.39. The van der Waals surface area contributed by atoms with Crippen LogP contribution in [-0.2, 0) is 4.74 Å². The van der Waals surface area contributed by atoms with Crippen molar-refractivity contribution in [2.45, 2.75) is 39.2 Å². The van der Waals surface area contributed by atoms with Crippen molar-refractivity contribution < 1.29 is 13.9 Å². The Morgan fingerprint density at radius 3 is 2.36 bits per heavy atom. The van der Waals surface area contributed by atoms with Gasteiger partial charge in [-0.1, -0.05) is 0 Å². The summed E-state index contributed by atoms with van der Waals surface area (Å²) in [6.07, 6.45) is 1.89. The number of halogens is 1. The highest BCUT2D eigenvalue weighted by Crippen LogP contribution is 2.27. The Morgan fingerprint density at radius 2 is 1.79 bits per heavy atom. The van der Waals surface area contributed by atoms with E-state index in [-0.39, 0.29) is 11.9 Å². The summed E-state index contributed by atoms with van der Waals surface area (Å²) in [6.45, 7) is 11.6. The molecule has 0 aromatic heterocycles. The lowest BCUT2D eigenvalue weighted by atomic mass is 9.95. The lowest BCUT2D eigenvalue weighted by Crippen LogP contribution is -2.51. The van der Waals surface area contributed by atoms with Gasteiger partial charge in [0.15, 0.2) is 0 Å². The molecular formula is C21H33FN4O2. The molecule has 2 heterocycles. The van der Waals surface area contributed by atoms with E-state index in [9.17, 15) is 9.18 Å². The number of amides is 1. The van der Waals surface area contributed by atoms with Crippen LogP contribution in [0, 0.1) is 11.7 Å². The number of rotatable bonds is 3. The SMILES string of the molecule is CC(C)(C)OC(=O)N1CCN(CC2CCN(c3ccc(N)cc3F)CC2)CC1. The number of piperidine rings is 1. The average molecular weight is 393 g/mol. The Labute approximate surface area is 167 Å². The largest absolute Gasteiger partial charge is 0.444 e. The van der Waals surface area contributed by atoms with Crippen LogP contribution >= 0.6 is 0 Å². The number of ether oxygens (including phenoxy) is 1. The third-order valence-electron chi connectivity index (χ3n) is 5.47. The van der Waals surface area contributed by atoms with Crippen LogP contribution in [0.3, 0.4) is 0 Å². The smallest absolute Gasteiger partial charge is 0.410 e. The first-order valence-electron chi connectivity index (χ1n) is 10.2. The van der Waals surface area contributed by atoms with Crippen molar-refractivity contribution in [3.8, 4) is 0 Å². The fourth-order valence-electron chi connectivity index (χ4n) is 3.94. The van der Waals surface area contributed by atoms with Crippen molar-refractivity contribution in [2.24, 2.45) is 5.92 Å². The number of nitrogens with two attached hydrogens (primary N) is 1. The van der Waals surface area contributed by atoms with Crippen LogP contribution in [0.2, 0.25) is 0 Å². The van der Waals surface area contributed by atoms with E-state index in [4.69, 9.17) is 10.5 Å². The first-order chi connectivity index (χ1) is 13.2. The molecule has 2 N–H and O–H groups in total. The van der Waals surface area contributed by atoms with Gasteiger partial charge in [-0.15, -0.1) is 0 Å². The van der Waals surface area contributed by atoms with E-state index in [1.165, 1.54) is 6.07 Å². The Hall–Kier alpha value is -2.02. The van der Waals surface area contributed by atoms with Crippen molar-refractivity contribution in [3.05, 3.63) is 24.0 Å². The lowest BCUT2D eigenvalue weighted by molar-refractivity contribution is 0.0130. The molecule has 0 bridgehead atoms. The number of anilines is 2. The number of carbonyl (C=O) groups is 1. The van der Waals surface area contributed by atoms with E-state index < -0.39 is 5.60 Å². The minimum Gasteiger partial charge on any atom is -0.444 e. The quantitative estimate of drug-likeness (QED) is 0.801. The van der Waals surface area contributed by atoms with Gasteiger partial charge < -0.3 is 20.3 Å². The molecule has 1 aromatic carbocycles. The number of hydrogen-bond acceptors (Lipinski definition) is 5. The Balaban J connectivity index is 1.42. The Morgan fingerprint density at radius 1 is 1.14 bits per heavy atom.